The minimum Gasteiger partial charge on any atom is -0.308 e. The van der Waals surface area contributed by atoms with Gasteiger partial charge in [0.05, 0.1) is 11.5 Å². The van der Waals surface area contributed by atoms with Gasteiger partial charge in [0.25, 0.3) is 0 Å². The molecule has 0 fully saturated rings. The lowest BCUT2D eigenvalue weighted by Crippen LogP contribution is -2.20. The lowest BCUT2D eigenvalue weighted by molar-refractivity contribution is -0.385. The number of amides is 1. The molecule has 3 rings (SSSR count). The third-order valence-corrected chi connectivity index (χ3v) is 3.90. The molecule has 0 saturated heterocycles. The number of hydrogen-bond acceptors (Lipinski definition) is 5. The number of nitrogens with one attached hydrogen (secondary N) is 1. The average molecular weight is 354 g/mol. The molecule has 0 unspecified atom stereocenters. The summed E-state index contributed by atoms with van der Waals surface area (Å²) < 4.78 is 3.02. The Bertz CT molecular complexity index is 959. The van der Waals surface area contributed by atoms with Crippen LogP contribution in [0.1, 0.15) is 16.8 Å². The summed E-state index contributed by atoms with van der Waals surface area (Å²) in [7, 11) is 0. The number of anilines is 1. The van der Waals surface area contributed by atoms with E-state index in [0.717, 1.165) is 11.8 Å². The highest BCUT2D eigenvalue weighted by Gasteiger charge is 2.18. The molecule has 0 saturated carbocycles. The van der Waals surface area contributed by atoms with Crippen molar-refractivity contribution in [3.63, 3.8) is 0 Å². The van der Waals surface area contributed by atoms with Crippen LogP contribution in [0.2, 0.25) is 0 Å². The van der Waals surface area contributed by atoms with Crippen LogP contribution < -0.4 is 5.32 Å². The van der Waals surface area contributed by atoms with Crippen molar-refractivity contribution in [1.82, 2.24) is 19.6 Å². The smallest absolute Gasteiger partial charge is 0.308 e. The number of aromatic nitrogens is 4. The number of hydrogen-bond donors (Lipinski definition) is 1. The van der Waals surface area contributed by atoms with E-state index in [2.05, 4.69) is 21.6 Å². The number of carbonyl (C=O) groups is 1. The Morgan fingerprint density at radius 1 is 1.31 bits per heavy atom. The first-order chi connectivity index (χ1) is 12.4. The first kappa shape index (κ1) is 17.3. The minimum atomic E-state index is -0.524. The van der Waals surface area contributed by atoms with E-state index >= 15 is 0 Å². The van der Waals surface area contributed by atoms with Crippen LogP contribution >= 0.6 is 0 Å². The predicted octanol–water partition coefficient (Wildman–Crippen LogP) is 2.29. The van der Waals surface area contributed by atoms with Crippen LogP contribution in [0.25, 0.3) is 0 Å². The van der Waals surface area contributed by atoms with Gasteiger partial charge in [0.2, 0.25) is 5.91 Å². The van der Waals surface area contributed by atoms with E-state index in [0.29, 0.717) is 18.1 Å². The van der Waals surface area contributed by atoms with Crippen LogP contribution in [0, 0.1) is 24.0 Å². The number of carbonyl (C=O) groups excluding carboxylic acids is 1. The molecule has 26 heavy (non-hydrogen) atoms. The molecule has 9 nitrogen and oxygen atoms in total. The zero-order valence-electron chi connectivity index (χ0n) is 14.4. The van der Waals surface area contributed by atoms with Gasteiger partial charge < -0.3 is 5.32 Å². The van der Waals surface area contributed by atoms with E-state index in [4.69, 9.17) is 0 Å². The van der Waals surface area contributed by atoms with Crippen molar-refractivity contribution in [2.24, 2.45) is 0 Å². The third-order valence-electron chi connectivity index (χ3n) is 3.90. The van der Waals surface area contributed by atoms with Crippen molar-refractivity contribution in [2.45, 2.75) is 26.9 Å². The van der Waals surface area contributed by atoms with Crippen molar-refractivity contribution in [2.75, 3.05) is 5.32 Å². The molecule has 9 heteroatoms. The predicted molar refractivity (Wildman–Crippen MR) is 94.8 cm³/mol. The largest absolute Gasteiger partial charge is 0.309 e. The van der Waals surface area contributed by atoms with Crippen molar-refractivity contribution < 1.29 is 9.72 Å². The molecular formula is C17H18N6O3. The first-order valence-corrected chi connectivity index (χ1v) is 7.98. The molecule has 2 aromatic heterocycles. The van der Waals surface area contributed by atoms with E-state index in [1.807, 2.05) is 25.1 Å². The number of nitro groups is 1. The summed E-state index contributed by atoms with van der Waals surface area (Å²) in [5.74, 6) is 0.0638. The fourth-order valence-corrected chi connectivity index (χ4v) is 2.61. The van der Waals surface area contributed by atoms with E-state index in [9.17, 15) is 14.9 Å². The van der Waals surface area contributed by atoms with Crippen molar-refractivity contribution >= 4 is 17.4 Å². The molecule has 0 atom stereocenters. The van der Waals surface area contributed by atoms with Crippen molar-refractivity contribution in [3.05, 3.63) is 69.7 Å². The van der Waals surface area contributed by atoms with Crippen LogP contribution in [0.4, 0.5) is 11.5 Å². The van der Waals surface area contributed by atoms with E-state index < -0.39 is 4.92 Å². The maximum Gasteiger partial charge on any atom is 0.309 e. The number of aryl methyl sites for hydroxylation is 1. The van der Waals surface area contributed by atoms with Crippen LogP contribution in [0.5, 0.6) is 0 Å². The molecule has 0 aliphatic carbocycles. The molecule has 0 bridgehead atoms. The van der Waals surface area contributed by atoms with Gasteiger partial charge in [-0.25, -0.2) is 0 Å². The molecule has 3 aromatic rings. The summed E-state index contributed by atoms with van der Waals surface area (Å²) in [5, 5.41) is 21.7. The Kier molecular flexibility index (Phi) is 4.78. The summed E-state index contributed by atoms with van der Waals surface area (Å²) in [6.07, 6.45) is 2.92. The summed E-state index contributed by atoms with van der Waals surface area (Å²) >= 11 is 0. The van der Waals surface area contributed by atoms with Gasteiger partial charge in [-0.05, 0) is 19.4 Å². The molecule has 2 heterocycles. The van der Waals surface area contributed by atoms with Crippen molar-refractivity contribution in [3.8, 4) is 0 Å². The van der Waals surface area contributed by atoms with Gasteiger partial charge in [-0.1, -0.05) is 29.8 Å². The Labute approximate surface area is 149 Å². The lowest BCUT2D eigenvalue weighted by Gasteiger charge is -2.05. The van der Waals surface area contributed by atoms with Gasteiger partial charge in [0.1, 0.15) is 18.4 Å². The standard InChI is InChI=1S/C17H18N6O3/c1-12-4-3-5-14(8-12)10-21-7-6-16(20-21)19-17(24)11-22-13(2)15(9-18-22)23(25)26/h3-9H,10-11H2,1-2H3,(H,19,20,24). The zero-order valence-corrected chi connectivity index (χ0v) is 14.4. The van der Waals surface area contributed by atoms with Crippen LogP contribution in [0.3, 0.4) is 0 Å². The van der Waals surface area contributed by atoms with Gasteiger partial charge in [-0.15, -0.1) is 0 Å². The number of nitrogens with zero attached hydrogens (tertiary/aromatic N) is 5. The second kappa shape index (κ2) is 7.18. The highest BCUT2D eigenvalue weighted by atomic mass is 16.6. The number of rotatable bonds is 6. The zero-order chi connectivity index (χ0) is 18.7. The monoisotopic (exact) mass is 354 g/mol. The summed E-state index contributed by atoms with van der Waals surface area (Å²) in [5.41, 5.74) is 2.51. The maximum absolute atomic E-state index is 12.1. The molecule has 134 valence electrons. The molecule has 0 spiro atoms. The maximum atomic E-state index is 12.1. The highest BCUT2D eigenvalue weighted by molar-refractivity contribution is 5.89. The molecule has 1 aromatic carbocycles. The Balaban J connectivity index is 1.62. The van der Waals surface area contributed by atoms with Gasteiger partial charge >= 0.3 is 5.69 Å². The Hall–Kier alpha value is -3.49. The summed E-state index contributed by atoms with van der Waals surface area (Å²) in [4.78, 5) is 22.4. The molecular weight excluding hydrogens is 336 g/mol. The van der Waals surface area contributed by atoms with Crippen LogP contribution in [-0.4, -0.2) is 30.4 Å². The minimum absolute atomic E-state index is 0.111. The number of benzene rings is 1. The van der Waals surface area contributed by atoms with Crippen molar-refractivity contribution in [1.29, 1.82) is 0 Å². The van der Waals surface area contributed by atoms with Gasteiger partial charge in [0.15, 0.2) is 5.82 Å². The summed E-state index contributed by atoms with van der Waals surface area (Å²) in [6, 6.07) is 9.81. The quantitative estimate of drug-likeness (QED) is 0.540. The Morgan fingerprint density at radius 2 is 2.12 bits per heavy atom. The van der Waals surface area contributed by atoms with Crippen LogP contribution in [-0.2, 0) is 17.9 Å². The lowest BCUT2D eigenvalue weighted by atomic mass is 10.1. The third kappa shape index (κ3) is 3.94. The topological polar surface area (TPSA) is 108 Å². The normalized spacial score (nSPS) is 10.7. The van der Waals surface area contributed by atoms with Gasteiger partial charge in [-0.2, -0.15) is 10.2 Å². The second-order valence-electron chi connectivity index (χ2n) is 5.97. The molecule has 0 aliphatic heterocycles. The fourth-order valence-electron chi connectivity index (χ4n) is 2.61. The highest BCUT2D eigenvalue weighted by Crippen LogP contribution is 2.16. The van der Waals surface area contributed by atoms with Crippen LogP contribution in [0.15, 0.2) is 42.7 Å². The Morgan fingerprint density at radius 3 is 2.81 bits per heavy atom. The molecule has 0 aliphatic rings. The average Bonchev–Trinajstić information content (AvgIpc) is 3.15. The van der Waals surface area contributed by atoms with E-state index in [1.54, 1.807) is 23.9 Å². The second-order valence-corrected chi connectivity index (χ2v) is 5.97. The van der Waals surface area contributed by atoms with E-state index in [-0.39, 0.29) is 18.1 Å². The molecule has 1 amide bonds. The molecule has 1 N–H and O–H groups in total. The van der Waals surface area contributed by atoms with Gasteiger partial charge in [0, 0.05) is 12.3 Å². The fraction of sp³-hybridized carbons (Fsp3) is 0.235. The SMILES string of the molecule is Cc1cccc(Cn2ccc(NC(=O)Cn3ncc([N+](=O)[O-])c3C)n2)c1. The molecule has 0 radical (unpaired) electrons. The first-order valence-electron chi connectivity index (χ1n) is 7.98. The van der Waals surface area contributed by atoms with Gasteiger partial charge in [-0.3, -0.25) is 24.3 Å². The van der Waals surface area contributed by atoms with E-state index in [1.165, 1.54) is 10.2 Å². The summed E-state index contributed by atoms with van der Waals surface area (Å²) in [6.45, 7) is 4.06.